The number of aryl methyl sites for hydroxylation is 1. The number of hydrogen-bond donors (Lipinski definition) is 1. The molecule has 1 unspecified atom stereocenters. The van der Waals surface area contributed by atoms with Crippen LogP contribution in [0.3, 0.4) is 0 Å². The maximum atomic E-state index is 12.2. The molecule has 0 spiro atoms. The first-order valence-electron chi connectivity index (χ1n) is 7.97. The lowest BCUT2D eigenvalue weighted by Crippen LogP contribution is -2.27. The van der Waals surface area contributed by atoms with Crippen LogP contribution in [0.5, 0.6) is 0 Å². The van der Waals surface area contributed by atoms with Gasteiger partial charge in [-0.05, 0) is 37.1 Å². The molecule has 0 aliphatic rings. The van der Waals surface area contributed by atoms with E-state index >= 15 is 0 Å². The molecular formula is C19H20N2OS2. The number of nitrogens with zero attached hydrogens (tertiary/aromatic N) is 1. The molecule has 0 saturated carbocycles. The third kappa shape index (κ3) is 4.16. The summed E-state index contributed by atoms with van der Waals surface area (Å²) in [4.78, 5) is 16.7. The first-order chi connectivity index (χ1) is 11.6. The van der Waals surface area contributed by atoms with Crippen LogP contribution < -0.4 is 5.32 Å². The molecule has 0 saturated heterocycles. The Morgan fingerprint density at radius 2 is 1.96 bits per heavy atom. The second-order valence-electron chi connectivity index (χ2n) is 5.69. The second kappa shape index (κ2) is 7.81. The van der Waals surface area contributed by atoms with Crippen molar-refractivity contribution in [1.82, 2.24) is 10.3 Å². The largest absolute Gasteiger partial charge is 0.350 e. The molecule has 0 fully saturated rings. The molecule has 0 aliphatic heterocycles. The zero-order valence-electron chi connectivity index (χ0n) is 13.8. The second-order valence-corrected chi connectivity index (χ2v) is 8.06. The lowest BCUT2D eigenvalue weighted by molar-refractivity contribution is -0.121. The number of carbonyl (C=O) groups excluding carboxylic acids is 1. The summed E-state index contributed by atoms with van der Waals surface area (Å²) in [5.41, 5.74) is 3.40. The number of fused-ring (bicyclic) bond motifs is 1. The number of amides is 1. The molecule has 3 rings (SSSR count). The third-order valence-corrected chi connectivity index (χ3v) is 6.04. The van der Waals surface area contributed by atoms with Gasteiger partial charge in [0, 0.05) is 12.2 Å². The van der Waals surface area contributed by atoms with Crippen LogP contribution >= 0.6 is 23.1 Å². The fraction of sp³-hybridized carbons (Fsp3) is 0.263. The van der Waals surface area contributed by atoms with Gasteiger partial charge >= 0.3 is 0 Å². The van der Waals surface area contributed by atoms with Gasteiger partial charge in [-0.3, -0.25) is 4.79 Å². The van der Waals surface area contributed by atoms with Crippen LogP contribution in [0.1, 0.15) is 30.5 Å². The topological polar surface area (TPSA) is 42.0 Å². The van der Waals surface area contributed by atoms with Crippen LogP contribution in [0.15, 0.2) is 52.9 Å². The van der Waals surface area contributed by atoms with Crippen molar-refractivity contribution in [2.45, 2.75) is 30.6 Å². The number of thioether (sulfide) groups is 1. The van der Waals surface area contributed by atoms with Gasteiger partial charge in [0.25, 0.3) is 0 Å². The van der Waals surface area contributed by atoms with E-state index in [1.807, 2.05) is 37.3 Å². The minimum Gasteiger partial charge on any atom is -0.350 e. The van der Waals surface area contributed by atoms with Crippen molar-refractivity contribution < 1.29 is 4.79 Å². The average molecular weight is 357 g/mol. The Bertz CT molecular complexity index is 811. The number of rotatable bonds is 6. The molecule has 24 heavy (non-hydrogen) atoms. The standard InChI is InChI=1S/C19H20N2OS2/c1-13-7-3-4-8-15(13)14(2)20-18(22)11-12-23-19-21-16-9-5-6-10-17(16)24-19/h3-10,14H,11-12H2,1-2H3,(H,20,22). The van der Waals surface area contributed by atoms with E-state index < -0.39 is 0 Å². The molecule has 124 valence electrons. The summed E-state index contributed by atoms with van der Waals surface area (Å²) in [5, 5.41) is 3.08. The van der Waals surface area contributed by atoms with E-state index in [0.29, 0.717) is 6.42 Å². The van der Waals surface area contributed by atoms with Crippen molar-refractivity contribution in [2.24, 2.45) is 0 Å². The SMILES string of the molecule is Cc1ccccc1C(C)NC(=O)CCSc1nc2ccccc2s1. The molecule has 0 bridgehead atoms. The van der Waals surface area contributed by atoms with Gasteiger partial charge in [-0.1, -0.05) is 48.2 Å². The summed E-state index contributed by atoms with van der Waals surface area (Å²) in [6, 6.07) is 16.3. The van der Waals surface area contributed by atoms with Crippen molar-refractivity contribution in [2.75, 3.05) is 5.75 Å². The predicted octanol–water partition coefficient (Wildman–Crippen LogP) is 4.96. The number of carbonyl (C=O) groups is 1. The molecule has 1 N–H and O–H groups in total. The molecule has 0 radical (unpaired) electrons. The van der Waals surface area contributed by atoms with Crippen LogP contribution in [0.25, 0.3) is 10.2 Å². The minimum atomic E-state index is 0.0335. The van der Waals surface area contributed by atoms with Crippen molar-refractivity contribution in [1.29, 1.82) is 0 Å². The Morgan fingerprint density at radius 1 is 1.21 bits per heavy atom. The molecule has 0 aliphatic carbocycles. The maximum absolute atomic E-state index is 12.2. The summed E-state index contributed by atoms with van der Waals surface area (Å²) in [6.45, 7) is 4.10. The number of hydrogen-bond acceptors (Lipinski definition) is 4. The molecule has 3 aromatic rings. The van der Waals surface area contributed by atoms with Crippen LogP contribution in [0.4, 0.5) is 0 Å². The molecule has 5 heteroatoms. The van der Waals surface area contributed by atoms with Crippen LogP contribution in [0, 0.1) is 6.92 Å². The molecule has 1 amide bonds. The Morgan fingerprint density at radius 3 is 2.75 bits per heavy atom. The molecule has 2 aromatic carbocycles. The Labute approximate surface area is 150 Å². The summed E-state index contributed by atoms with van der Waals surface area (Å²) >= 11 is 3.33. The normalized spacial score (nSPS) is 12.2. The lowest BCUT2D eigenvalue weighted by atomic mass is 10.0. The molecule has 3 nitrogen and oxygen atoms in total. The summed E-state index contributed by atoms with van der Waals surface area (Å²) in [7, 11) is 0. The average Bonchev–Trinajstić information content (AvgIpc) is 2.97. The smallest absolute Gasteiger partial charge is 0.221 e. The predicted molar refractivity (Wildman–Crippen MR) is 103 cm³/mol. The van der Waals surface area contributed by atoms with E-state index in [4.69, 9.17) is 0 Å². The number of para-hydroxylation sites is 1. The van der Waals surface area contributed by atoms with Crippen LogP contribution in [0.2, 0.25) is 0 Å². The monoisotopic (exact) mass is 356 g/mol. The van der Waals surface area contributed by atoms with E-state index in [9.17, 15) is 4.79 Å². The van der Waals surface area contributed by atoms with Gasteiger partial charge in [0.2, 0.25) is 5.91 Å². The number of nitrogens with one attached hydrogen (secondary N) is 1. The zero-order chi connectivity index (χ0) is 16.9. The van der Waals surface area contributed by atoms with E-state index in [1.54, 1.807) is 23.1 Å². The molecule has 1 atom stereocenters. The first-order valence-corrected chi connectivity index (χ1v) is 9.77. The van der Waals surface area contributed by atoms with Gasteiger partial charge in [0.1, 0.15) is 0 Å². The van der Waals surface area contributed by atoms with E-state index in [2.05, 4.69) is 35.4 Å². The van der Waals surface area contributed by atoms with E-state index in [-0.39, 0.29) is 11.9 Å². The summed E-state index contributed by atoms with van der Waals surface area (Å²) in [5.74, 6) is 0.825. The van der Waals surface area contributed by atoms with Crippen molar-refractivity contribution in [3.8, 4) is 0 Å². The number of benzene rings is 2. The van der Waals surface area contributed by atoms with E-state index in [0.717, 1.165) is 15.6 Å². The Hall–Kier alpha value is -1.85. The summed E-state index contributed by atoms with van der Waals surface area (Å²) in [6.07, 6.45) is 0.497. The number of thiazole rings is 1. The van der Waals surface area contributed by atoms with Gasteiger partial charge in [-0.25, -0.2) is 4.98 Å². The van der Waals surface area contributed by atoms with Gasteiger partial charge in [-0.15, -0.1) is 11.3 Å². The Kier molecular flexibility index (Phi) is 5.53. The highest BCUT2D eigenvalue weighted by molar-refractivity contribution is 8.01. The lowest BCUT2D eigenvalue weighted by Gasteiger charge is -2.16. The van der Waals surface area contributed by atoms with Gasteiger partial charge < -0.3 is 5.32 Å². The van der Waals surface area contributed by atoms with E-state index in [1.165, 1.54) is 15.8 Å². The first kappa shape index (κ1) is 17.0. The molecule has 1 heterocycles. The molecule has 1 aromatic heterocycles. The highest BCUT2D eigenvalue weighted by atomic mass is 32.2. The van der Waals surface area contributed by atoms with Gasteiger partial charge in [0.05, 0.1) is 16.3 Å². The van der Waals surface area contributed by atoms with Gasteiger partial charge in [-0.2, -0.15) is 0 Å². The fourth-order valence-electron chi connectivity index (χ4n) is 2.61. The highest BCUT2D eigenvalue weighted by Crippen LogP contribution is 2.29. The van der Waals surface area contributed by atoms with Gasteiger partial charge in [0.15, 0.2) is 4.34 Å². The van der Waals surface area contributed by atoms with Crippen molar-refractivity contribution in [3.05, 3.63) is 59.7 Å². The zero-order valence-corrected chi connectivity index (χ0v) is 15.4. The quantitative estimate of drug-likeness (QED) is 0.634. The highest BCUT2D eigenvalue weighted by Gasteiger charge is 2.12. The minimum absolute atomic E-state index is 0.0335. The maximum Gasteiger partial charge on any atom is 0.221 e. The fourth-order valence-corrected chi connectivity index (χ4v) is 4.68. The van der Waals surface area contributed by atoms with Crippen molar-refractivity contribution in [3.63, 3.8) is 0 Å². The molecular weight excluding hydrogens is 336 g/mol. The van der Waals surface area contributed by atoms with Crippen LogP contribution in [-0.4, -0.2) is 16.6 Å². The number of aromatic nitrogens is 1. The Balaban J connectivity index is 1.49. The summed E-state index contributed by atoms with van der Waals surface area (Å²) < 4.78 is 2.22. The van der Waals surface area contributed by atoms with Crippen LogP contribution in [-0.2, 0) is 4.79 Å². The third-order valence-electron chi connectivity index (χ3n) is 3.86. The van der Waals surface area contributed by atoms with Crippen molar-refractivity contribution >= 4 is 39.2 Å².